The quantitative estimate of drug-likeness (QED) is 0.713. The summed E-state index contributed by atoms with van der Waals surface area (Å²) in [5, 5.41) is 20.5. The molecule has 2 atom stereocenters. The van der Waals surface area contributed by atoms with Gasteiger partial charge >= 0.3 is 0 Å². The summed E-state index contributed by atoms with van der Waals surface area (Å²) < 4.78 is 1.57. The number of fused-ring (bicyclic) bond motifs is 1. The number of carbonyl (C=O) groups excluding carboxylic acids is 3. The summed E-state index contributed by atoms with van der Waals surface area (Å²) in [7, 11) is 0. The van der Waals surface area contributed by atoms with E-state index in [2.05, 4.69) is 15.6 Å². The molecular weight excluding hydrogens is 374 g/mol. The topological polar surface area (TPSA) is 117 Å². The number of hydrogen-bond donors (Lipinski definition) is 2. The van der Waals surface area contributed by atoms with Crippen molar-refractivity contribution in [2.24, 2.45) is 5.92 Å². The fourth-order valence-electron chi connectivity index (χ4n) is 3.65. The number of aliphatic hydroxyl groups is 1. The summed E-state index contributed by atoms with van der Waals surface area (Å²) in [5.41, 5.74) is 2.70. The lowest BCUT2D eigenvalue weighted by Gasteiger charge is -2.29. The highest BCUT2D eigenvalue weighted by Gasteiger charge is 2.39. The fraction of sp³-hybridized carbons (Fsp3) is 0.450. The zero-order valence-electron chi connectivity index (χ0n) is 16.3. The monoisotopic (exact) mass is 397 g/mol. The third kappa shape index (κ3) is 3.65. The van der Waals surface area contributed by atoms with E-state index in [1.54, 1.807) is 16.9 Å². The van der Waals surface area contributed by atoms with Crippen LogP contribution in [0.2, 0.25) is 0 Å². The molecule has 2 aliphatic rings. The summed E-state index contributed by atoms with van der Waals surface area (Å²) in [5.74, 6) is -0.836. The van der Waals surface area contributed by atoms with Crippen LogP contribution in [0.5, 0.6) is 0 Å². The Morgan fingerprint density at radius 2 is 2.07 bits per heavy atom. The van der Waals surface area contributed by atoms with Crippen molar-refractivity contribution in [3.63, 3.8) is 0 Å². The van der Waals surface area contributed by atoms with Crippen LogP contribution in [0, 0.1) is 5.92 Å². The third-order valence-electron chi connectivity index (χ3n) is 5.50. The number of carbonyl (C=O) groups is 3. The molecule has 9 nitrogen and oxygen atoms in total. The van der Waals surface area contributed by atoms with E-state index in [-0.39, 0.29) is 24.2 Å². The zero-order valence-corrected chi connectivity index (χ0v) is 16.3. The van der Waals surface area contributed by atoms with Gasteiger partial charge in [0.05, 0.1) is 23.7 Å². The molecule has 1 aromatic heterocycles. The van der Waals surface area contributed by atoms with E-state index in [0.29, 0.717) is 36.3 Å². The predicted octanol–water partition coefficient (Wildman–Crippen LogP) is 0.588. The Kier molecular flexibility index (Phi) is 4.91. The van der Waals surface area contributed by atoms with E-state index in [1.807, 2.05) is 26.0 Å². The summed E-state index contributed by atoms with van der Waals surface area (Å²) in [6, 6.07) is 4.79. The predicted molar refractivity (Wildman–Crippen MR) is 102 cm³/mol. The largest absolute Gasteiger partial charge is 0.392 e. The highest BCUT2D eigenvalue weighted by atomic mass is 16.3. The average molecular weight is 397 g/mol. The number of nitrogens with zero attached hydrogens (tertiary/aromatic N) is 4. The number of aromatic nitrogens is 3. The lowest BCUT2D eigenvalue weighted by atomic mass is 10.0. The minimum absolute atomic E-state index is 0.121. The molecule has 9 heteroatoms. The molecule has 0 bridgehead atoms. The van der Waals surface area contributed by atoms with Crippen molar-refractivity contribution in [3.8, 4) is 5.69 Å². The van der Waals surface area contributed by atoms with Gasteiger partial charge in [-0.05, 0) is 30.0 Å². The Hall–Kier alpha value is -3.07. The standard InChI is InChI=1S/C20H23N5O4/c1-11(2)17(26)7-13-10-25(23-22-13)14-4-3-12-9-24(20(29)15(12)8-14)16-5-6-18(27)21-19(16)28/h3-4,8,10-11,16-17,26H,5-7,9H2,1-2H3,(H,21,27,28). The van der Waals surface area contributed by atoms with Gasteiger partial charge in [-0.25, -0.2) is 4.68 Å². The van der Waals surface area contributed by atoms with Crippen LogP contribution in [-0.2, 0) is 22.6 Å². The maximum absolute atomic E-state index is 12.9. The van der Waals surface area contributed by atoms with Gasteiger partial charge in [-0.2, -0.15) is 0 Å². The van der Waals surface area contributed by atoms with Crippen LogP contribution in [0.1, 0.15) is 48.3 Å². The second-order valence-electron chi connectivity index (χ2n) is 7.91. The zero-order chi connectivity index (χ0) is 20.7. The van der Waals surface area contributed by atoms with Crippen LogP contribution in [0.4, 0.5) is 0 Å². The first-order valence-electron chi connectivity index (χ1n) is 9.70. The number of aliphatic hydroxyl groups excluding tert-OH is 1. The van der Waals surface area contributed by atoms with Gasteiger partial charge in [0.25, 0.3) is 5.91 Å². The highest BCUT2D eigenvalue weighted by Crippen LogP contribution is 2.29. The molecule has 0 aliphatic carbocycles. The van der Waals surface area contributed by atoms with Gasteiger partial charge in [0.1, 0.15) is 6.04 Å². The third-order valence-corrected chi connectivity index (χ3v) is 5.50. The van der Waals surface area contributed by atoms with E-state index in [1.165, 1.54) is 4.90 Å². The minimum Gasteiger partial charge on any atom is -0.392 e. The number of imide groups is 1. The second-order valence-corrected chi connectivity index (χ2v) is 7.91. The van der Waals surface area contributed by atoms with Gasteiger partial charge in [0.2, 0.25) is 11.8 Å². The molecule has 2 N–H and O–H groups in total. The van der Waals surface area contributed by atoms with E-state index in [9.17, 15) is 19.5 Å². The number of hydrogen-bond acceptors (Lipinski definition) is 6. The molecule has 152 valence electrons. The molecule has 2 unspecified atom stereocenters. The van der Waals surface area contributed by atoms with Crippen molar-refractivity contribution in [1.82, 2.24) is 25.2 Å². The van der Waals surface area contributed by atoms with Crippen molar-refractivity contribution in [1.29, 1.82) is 0 Å². The van der Waals surface area contributed by atoms with Gasteiger partial charge in [-0.1, -0.05) is 25.1 Å². The molecule has 0 radical (unpaired) electrons. The van der Waals surface area contributed by atoms with Crippen molar-refractivity contribution in [2.45, 2.75) is 51.8 Å². The van der Waals surface area contributed by atoms with Crippen molar-refractivity contribution in [3.05, 3.63) is 41.2 Å². The van der Waals surface area contributed by atoms with Crippen molar-refractivity contribution < 1.29 is 19.5 Å². The van der Waals surface area contributed by atoms with Crippen LogP contribution in [0.25, 0.3) is 5.69 Å². The first-order valence-corrected chi connectivity index (χ1v) is 9.70. The van der Waals surface area contributed by atoms with Gasteiger partial charge in [0.15, 0.2) is 0 Å². The maximum atomic E-state index is 12.9. The lowest BCUT2D eigenvalue weighted by Crippen LogP contribution is -2.52. The Labute approximate surface area is 167 Å². The molecule has 1 aromatic carbocycles. The number of benzene rings is 1. The number of piperidine rings is 1. The fourth-order valence-corrected chi connectivity index (χ4v) is 3.65. The van der Waals surface area contributed by atoms with Crippen LogP contribution in [0.3, 0.4) is 0 Å². The molecule has 0 saturated carbocycles. The minimum atomic E-state index is -0.633. The molecule has 3 heterocycles. The second kappa shape index (κ2) is 7.40. The number of rotatable bonds is 5. The molecule has 2 aromatic rings. The first kappa shape index (κ1) is 19.3. The van der Waals surface area contributed by atoms with Crippen LogP contribution >= 0.6 is 0 Å². The smallest absolute Gasteiger partial charge is 0.255 e. The van der Waals surface area contributed by atoms with Gasteiger partial charge in [-0.15, -0.1) is 5.10 Å². The molecule has 1 fully saturated rings. The van der Waals surface area contributed by atoms with Crippen molar-refractivity contribution >= 4 is 17.7 Å². The average Bonchev–Trinajstić information content (AvgIpc) is 3.26. The SMILES string of the molecule is CC(C)C(O)Cc1cn(-c2ccc3c(c2)C(=O)N(C2CCC(=O)NC2=O)C3)nn1. The molecule has 0 spiro atoms. The van der Waals surface area contributed by atoms with Crippen LogP contribution in [0.15, 0.2) is 24.4 Å². The molecule has 29 heavy (non-hydrogen) atoms. The lowest BCUT2D eigenvalue weighted by molar-refractivity contribution is -0.136. The maximum Gasteiger partial charge on any atom is 0.255 e. The van der Waals surface area contributed by atoms with Gasteiger partial charge in [-0.3, -0.25) is 19.7 Å². The molecule has 2 aliphatic heterocycles. The molecule has 3 amide bonds. The Morgan fingerprint density at radius 3 is 2.79 bits per heavy atom. The highest BCUT2D eigenvalue weighted by molar-refractivity contribution is 6.05. The van der Waals surface area contributed by atoms with Gasteiger partial charge < -0.3 is 10.0 Å². The Morgan fingerprint density at radius 1 is 1.28 bits per heavy atom. The van der Waals surface area contributed by atoms with Gasteiger partial charge in [0, 0.05) is 24.9 Å². The first-order chi connectivity index (χ1) is 13.8. The number of nitrogens with one attached hydrogen (secondary N) is 1. The van der Waals surface area contributed by atoms with E-state index in [4.69, 9.17) is 0 Å². The van der Waals surface area contributed by atoms with Crippen LogP contribution < -0.4 is 5.32 Å². The summed E-state index contributed by atoms with van der Waals surface area (Å²) in [6.07, 6.45) is 2.22. The summed E-state index contributed by atoms with van der Waals surface area (Å²) >= 11 is 0. The summed E-state index contributed by atoms with van der Waals surface area (Å²) in [6.45, 7) is 4.22. The summed E-state index contributed by atoms with van der Waals surface area (Å²) in [4.78, 5) is 38.0. The van der Waals surface area contributed by atoms with E-state index >= 15 is 0 Å². The normalized spacial score (nSPS) is 20.2. The molecule has 1 saturated heterocycles. The molecule has 4 rings (SSSR count). The van der Waals surface area contributed by atoms with E-state index in [0.717, 1.165) is 5.56 Å². The molecular formula is C20H23N5O4. The van der Waals surface area contributed by atoms with Crippen LogP contribution in [-0.4, -0.2) is 54.9 Å². The Balaban J connectivity index is 1.53. The van der Waals surface area contributed by atoms with E-state index < -0.39 is 18.1 Å². The Bertz CT molecular complexity index is 983. The van der Waals surface area contributed by atoms with Crippen molar-refractivity contribution in [2.75, 3.05) is 0 Å². The number of amides is 3.